The first-order chi connectivity index (χ1) is 7.59. The minimum atomic E-state index is -0.00231. The first-order valence-corrected chi connectivity index (χ1v) is 6.10. The highest BCUT2D eigenvalue weighted by Crippen LogP contribution is 2.38. The molecule has 0 spiro atoms. The van der Waals surface area contributed by atoms with Crippen LogP contribution in [0.25, 0.3) is 0 Å². The lowest BCUT2D eigenvalue weighted by atomic mass is 10.1. The predicted molar refractivity (Wildman–Crippen MR) is 67.0 cm³/mol. The largest absolute Gasteiger partial charge is 0.323 e. The van der Waals surface area contributed by atoms with E-state index in [4.69, 9.17) is 23.2 Å². The molecule has 4 heteroatoms. The van der Waals surface area contributed by atoms with Gasteiger partial charge in [-0.2, -0.15) is 0 Å². The van der Waals surface area contributed by atoms with Crippen molar-refractivity contribution in [1.82, 2.24) is 0 Å². The minimum Gasteiger partial charge on any atom is -0.323 e. The Kier molecular flexibility index (Phi) is 3.41. The van der Waals surface area contributed by atoms with Crippen LogP contribution in [0, 0.1) is 11.8 Å². The minimum absolute atomic E-state index is 0.00231. The van der Waals surface area contributed by atoms with E-state index in [1.54, 1.807) is 18.2 Å². The molecule has 16 heavy (non-hydrogen) atoms. The van der Waals surface area contributed by atoms with E-state index in [2.05, 4.69) is 5.32 Å². The van der Waals surface area contributed by atoms with Crippen LogP contribution in [0.15, 0.2) is 18.2 Å². The van der Waals surface area contributed by atoms with Gasteiger partial charge < -0.3 is 5.32 Å². The fourth-order valence-electron chi connectivity index (χ4n) is 1.66. The summed E-state index contributed by atoms with van der Waals surface area (Å²) in [6, 6.07) is 5.18. The molecule has 2 rings (SSSR count). The van der Waals surface area contributed by atoms with Gasteiger partial charge in [-0.1, -0.05) is 36.2 Å². The van der Waals surface area contributed by atoms with Crippen molar-refractivity contribution in [3.8, 4) is 0 Å². The molecule has 1 aromatic carbocycles. The normalized spacial score (nSPS) is 16.9. The van der Waals surface area contributed by atoms with Crippen molar-refractivity contribution in [3.63, 3.8) is 0 Å². The number of carbonyl (C=O) groups excluding carboxylic acids is 1. The smallest absolute Gasteiger partial charge is 0.227 e. The Morgan fingerprint density at radius 2 is 1.94 bits per heavy atom. The quantitative estimate of drug-likeness (QED) is 0.872. The lowest BCUT2D eigenvalue weighted by molar-refractivity contribution is -0.119. The molecule has 1 saturated carbocycles. The van der Waals surface area contributed by atoms with Crippen LogP contribution in [-0.4, -0.2) is 5.91 Å². The van der Waals surface area contributed by atoms with Crippen molar-refractivity contribution in [2.45, 2.75) is 19.8 Å². The van der Waals surface area contributed by atoms with Crippen molar-refractivity contribution in [2.75, 3.05) is 5.32 Å². The maximum atomic E-state index is 11.9. The maximum absolute atomic E-state index is 11.9. The van der Waals surface area contributed by atoms with Gasteiger partial charge in [-0.3, -0.25) is 4.79 Å². The van der Waals surface area contributed by atoms with Gasteiger partial charge in [-0.25, -0.2) is 0 Å². The fraction of sp³-hybridized carbons (Fsp3) is 0.417. The lowest BCUT2D eigenvalue weighted by Gasteiger charge is -2.13. The molecule has 1 aliphatic rings. The van der Waals surface area contributed by atoms with Crippen molar-refractivity contribution >= 4 is 34.8 Å². The van der Waals surface area contributed by atoms with E-state index in [-0.39, 0.29) is 11.8 Å². The summed E-state index contributed by atoms with van der Waals surface area (Å²) < 4.78 is 0. The van der Waals surface area contributed by atoms with Crippen LogP contribution in [0.2, 0.25) is 10.0 Å². The fourth-order valence-corrected chi connectivity index (χ4v) is 2.16. The van der Waals surface area contributed by atoms with Gasteiger partial charge in [0.2, 0.25) is 5.91 Å². The molecule has 1 amide bonds. The van der Waals surface area contributed by atoms with E-state index in [0.717, 1.165) is 12.8 Å². The third kappa shape index (κ3) is 2.50. The van der Waals surface area contributed by atoms with Gasteiger partial charge in [0, 0.05) is 5.92 Å². The second-order valence-corrected chi connectivity index (χ2v) is 5.03. The average Bonchev–Trinajstić information content (AvgIpc) is 3.06. The molecule has 1 aromatic rings. The monoisotopic (exact) mass is 257 g/mol. The summed E-state index contributed by atoms with van der Waals surface area (Å²) in [6.07, 6.45) is 2.29. The molecule has 0 radical (unpaired) electrons. The van der Waals surface area contributed by atoms with Crippen LogP contribution in [-0.2, 0) is 4.79 Å². The zero-order chi connectivity index (χ0) is 11.7. The molecule has 0 saturated heterocycles. The Hall–Kier alpha value is -0.730. The van der Waals surface area contributed by atoms with Gasteiger partial charge >= 0.3 is 0 Å². The van der Waals surface area contributed by atoms with E-state index >= 15 is 0 Å². The van der Waals surface area contributed by atoms with E-state index in [0.29, 0.717) is 21.7 Å². The topological polar surface area (TPSA) is 29.1 Å². The Labute approximate surface area is 105 Å². The molecule has 2 nitrogen and oxygen atoms in total. The van der Waals surface area contributed by atoms with Crippen molar-refractivity contribution < 1.29 is 4.79 Å². The Balaban J connectivity index is 2.10. The molecule has 1 fully saturated rings. The van der Waals surface area contributed by atoms with Crippen LogP contribution in [0.3, 0.4) is 0 Å². The third-order valence-electron chi connectivity index (χ3n) is 2.95. The summed E-state index contributed by atoms with van der Waals surface area (Å²) in [6.45, 7) is 1.94. The average molecular weight is 258 g/mol. The number of hydrogen-bond acceptors (Lipinski definition) is 1. The molecular formula is C12H13Cl2NO. The van der Waals surface area contributed by atoms with Gasteiger partial charge in [0.25, 0.3) is 0 Å². The van der Waals surface area contributed by atoms with Crippen LogP contribution >= 0.6 is 23.2 Å². The van der Waals surface area contributed by atoms with Gasteiger partial charge in [0.1, 0.15) is 0 Å². The van der Waals surface area contributed by atoms with Crippen LogP contribution in [0.1, 0.15) is 19.8 Å². The van der Waals surface area contributed by atoms with Gasteiger partial charge in [0.05, 0.1) is 15.7 Å². The molecule has 1 N–H and O–H groups in total. The Bertz CT molecular complexity index is 395. The summed E-state index contributed by atoms with van der Waals surface area (Å²) >= 11 is 11.9. The Morgan fingerprint density at radius 1 is 1.38 bits per heavy atom. The number of amides is 1. The molecular weight excluding hydrogens is 245 g/mol. The number of hydrogen-bond donors (Lipinski definition) is 1. The van der Waals surface area contributed by atoms with E-state index in [1.807, 2.05) is 6.92 Å². The third-order valence-corrected chi connectivity index (χ3v) is 3.58. The van der Waals surface area contributed by atoms with E-state index in [9.17, 15) is 4.79 Å². The van der Waals surface area contributed by atoms with Crippen molar-refractivity contribution in [2.24, 2.45) is 11.8 Å². The number of anilines is 1. The highest BCUT2D eigenvalue weighted by atomic mass is 35.5. The van der Waals surface area contributed by atoms with Crippen molar-refractivity contribution in [3.05, 3.63) is 28.2 Å². The van der Waals surface area contributed by atoms with E-state index < -0.39 is 0 Å². The number of benzene rings is 1. The van der Waals surface area contributed by atoms with Crippen molar-refractivity contribution in [1.29, 1.82) is 0 Å². The standard InChI is InChI=1S/C12H13Cl2NO/c1-7(8-5-6-8)12(16)15-11-9(13)3-2-4-10(11)14/h2-4,7-8H,5-6H2,1H3,(H,15,16). The van der Waals surface area contributed by atoms with Crippen LogP contribution in [0.5, 0.6) is 0 Å². The number of rotatable bonds is 3. The highest BCUT2D eigenvalue weighted by Gasteiger charge is 2.32. The zero-order valence-electron chi connectivity index (χ0n) is 8.97. The van der Waals surface area contributed by atoms with Crippen LogP contribution < -0.4 is 5.32 Å². The SMILES string of the molecule is CC(C(=O)Nc1c(Cl)cccc1Cl)C1CC1. The Morgan fingerprint density at radius 3 is 2.44 bits per heavy atom. The summed E-state index contributed by atoms with van der Waals surface area (Å²) in [4.78, 5) is 11.9. The molecule has 0 heterocycles. The van der Waals surface area contributed by atoms with Gasteiger partial charge in [0.15, 0.2) is 0 Å². The molecule has 1 unspecified atom stereocenters. The van der Waals surface area contributed by atoms with Gasteiger partial charge in [-0.15, -0.1) is 0 Å². The lowest BCUT2D eigenvalue weighted by Crippen LogP contribution is -2.22. The molecule has 86 valence electrons. The summed E-state index contributed by atoms with van der Waals surface area (Å²) in [5.74, 6) is 0.561. The maximum Gasteiger partial charge on any atom is 0.227 e. The number of carbonyl (C=O) groups is 1. The first-order valence-electron chi connectivity index (χ1n) is 5.34. The number of halogens is 2. The zero-order valence-corrected chi connectivity index (χ0v) is 10.5. The molecule has 0 bridgehead atoms. The van der Waals surface area contributed by atoms with E-state index in [1.165, 1.54) is 0 Å². The molecule has 1 atom stereocenters. The number of para-hydroxylation sites is 1. The predicted octanol–water partition coefficient (Wildman–Crippen LogP) is 3.98. The molecule has 1 aliphatic carbocycles. The number of nitrogens with one attached hydrogen (secondary N) is 1. The second kappa shape index (κ2) is 4.64. The van der Waals surface area contributed by atoms with Gasteiger partial charge in [-0.05, 0) is 30.9 Å². The second-order valence-electron chi connectivity index (χ2n) is 4.21. The molecule has 0 aromatic heterocycles. The molecule has 0 aliphatic heterocycles. The summed E-state index contributed by atoms with van der Waals surface area (Å²) in [5, 5.41) is 3.75. The van der Waals surface area contributed by atoms with Crippen LogP contribution in [0.4, 0.5) is 5.69 Å². The summed E-state index contributed by atoms with van der Waals surface area (Å²) in [7, 11) is 0. The summed E-state index contributed by atoms with van der Waals surface area (Å²) in [5.41, 5.74) is 0.517. The highest BCUT2D eigenvalue weighted by molar-refractivity contribution is 6.39. The first kappa shape index (κ1) is 11.7.